The second kappa shape index (κ2) is 10.3. The number of nitrogens with zero attached hydrogens (tertiary/aromatic N) is 3. The first-order valence-corrected chi connectivity index (χ1v) is 10.8. The minimum absolute atomic E-state index is 0.127. The number of amides is 3. The third kappa shape index (κ3) is 5.82. The minimum Gasteiger partial charge on any atom is -0.335 e. The predicted molar refractivity (Wildman–Crippen MR) is 109 cm³/mol. The van der Waals surface area contributed by atoms with Gasteiger partial charge in [-0.05, 0) is 25.3 Å². The molecule has 1 heterocycles. The molecule has 7 nitrogen and oxygen atoms in total. The fraction of sp³-hybridized carbons (Fsp3) is 0.500. The van der Waals surface area contributed by atoms with Crippen molar-refractivity contribution in [3.05, 3.63) is 41.7 Å². The Labute approximate surface area is 169 Å². The second-order valence-electron chi connectivity index (χ2n) is 6.95. The molecule has 0 saturated heterocycles. The highest BCUT2D eigenvalue weighted by atomic mass is 32.2. The molecule has 1 aliphatic carbocycles. The normalized spacial score (nSPS) is 14.6. The molecule has 28 heavy (non-hydrogen) atoms. The summed E-state index contributed by atoms with van der Waals surface area (Å²) in [6.07, 6.45) is 6.15. The number of imide groups is 1. The lowest BCUT2D eigenvalue weighted by Crippen LogP contribution is -2.45. The van der Waals surface area contributed by atoms with Crippen LogP contribution >= 0.6 is 11.8 Å². The van der Waals surface area contributed by atoms with Crippen LogP contribution in [0.1, 0.15) is 50.4 Å². The van der Waals surface area contributed by atoms with Crippen LogP contribution in [0.15, 0.2) is 35.5 Å². The summed E-state index contributed by atoms with van der Waals surface area (Å²) in [5, 5.41) is 14.5. The van der Waals surface area contributed by atoms with Crippen LogP contribution < -0.4 is 10.6 Å². The highest BCUT2D eigenvalue weighted by Crippen LogP contribution is 2.19. The van der Waals surface area contributed by atoms with Gasteiger partial charge in [0.15, 0.2) is 5.16 Å². The van der Waals surface area contributed by atoms with Gasteiger partial charge in [-0.3, -0.25) is 10.1 Å². The van der Waals surface area contributed by atoms with Crippen molar-refractivity contribution in [2.45, 2.75) is 63.2 Å². The number of rotatable bonds is 7. The number of aromatic nitrogens is 3. The molecule has 2 N–H and O–H groups in total. The van der Waals surface area contributed by atoms with Crippen LogP contribution in [-0.4, -0.2) is 38.5 Å². The third-order valence-electron chi connectivity index (χ3n) is 4.84. The number of hydrogen-bond acceptors (Lipinski definition) is 5. The van der Waals surface area contributed by atoms with E-state index in [1.165, 1.54) is 23.7 Å². The van der Waals surface area contributed by atoms with Crippen molar-refractivity contribution in [3.8, 4) is 0 Å². The summed E-state index contributed by atoms with van der Waals surface area (Å²) in [6.45, 7) is 2.75. The third-order valence-corrected chi connectivity index (χ3v) is 5.81. The molecule has 0 unspecified atom stereocenters. The van der Waals surface area contributed by atoms with Crippen molar-refractivity contribution in [2.75, 3.05) is 5.75 Å². The van der Waals surface area contributed by atoms with E-state index < -0.39 is 6.03 Å². The smallest absolute Gasteiger partial charge is 0.321 e. The van der Waals surface area contributed by atoms with Gasteiger partial charge in [0.1, 0.15) is 5.82 Å². The van der Waals surface area contributed by atoms with E-state index >= 15 is 0 Å². The molecule has 1 aromatic carbocycles. The maximum Gasteiger partial charge on any atom is 0.321 e. The van der Waals surface area contributed by atoms with Crippen LogP contribution in [0.3, 0.4) is 0 Å². The molecule has 1 fully saturated rings. The number of benzene rings is 1. The van der Waals surface area contributed by atoms with Gasteiger partial charge in [-0.25, -0.2) is 4.79 Å². The van der Waals surface area contributed by atoms with E-state index in [0.29, 0.717) is 11.6 Å². The van der Waals surface area contributed by atoms with Crippen molar-refractivity contribution in [1.29, 1.82) is 0 Å². The van der Waals surface area contributed by atoms with Crippen molar-refractivity contribution < 1.29 is 9.59 Å². The summed E-state index contributed by atoms with van der Waals surface area (Å²) >= 11 is 1.30. The van der Waals surface area contributed by atoms with E-state index in [0.717, 1.165) is 38.1 Å². The van der Waals surface area contributed by atoms with E-state index in [-0.39, 0.29) is 17.7 Å². The van der Waals surface area contributed by atoms with Gasteiger partial charge >= 0.3 is 6.03 Å². The number of nitrogens with one attached hydrogen (secondary N) is 2. The zero-order chi connectivity index (χ0) is 19.8. The maximum atomic E-state index is 12.1. The molecule has 150 valence electrons. The quantitative estimate of drug-likeness (QED) is 0.696. The van der Waals surface area contributed by atoms with Crippen LogP contribution in [0.5, 0.6) is 0 Å². The van der Waals surface area contributed by atoms with Crippen LogP contribution in [0.4, 0.5) is 4.79 Å². The summed E-state index contributed by atoms with van der Waals surface area (Å²) < 4.78 is 2.01. The Morgan fingerprint density at radius 1 is 1.14 bits per heavy atom. The molecule has 2 aromatic rings. The van der Waals surface area contributed by atoms with Crippen LogP contribution in [-0.2, 0) is 17.8 Å². The first-order valence-electron chi connectivity index (χ1n) is 9.85. The van der Waals surface area contributed by atoms with Crippen molar-refractivity contribution in [2.24, 2.45) is 0 Å². The average Bonchev–Trinajstić information content (AvgIpc) is 3.09. The van der Waals surface area contributed by atoms with Crippen LogP contribution in [0.25, 0.3) is 0 Å². The Bertz CT molecular complexity index is 787. The number of carbonyl (C=O) groups excluding carboxylic acids is 2. The van der Waals surface area contributed by atoms with Gasteiger partial charge in [0.05, 0.1) is 5.75 Å². The zero-order valence-corrected chi connectivity index (χ0v) is 17.0. The van der Waals surface area contributed by atoms with Gasteiger partial charge in [-0.1, -0.05) is 61.4 Å². The monoisotopic (exact) mass is 401 g/mol. The van der Waals surface area contributed by atoms with Gasteiger partial charge in [0.25, 0.3) is 0 Å². The van der Waals surface area contributed by atoms with Gasteiger partial charge in [0, 0.05) is 19.0 Å². The molecule has 1 aliphatic rings. The topological polar surface area (TPSA) is 88.9 Å². The van der Waals surface area contributed by atoms with Gasteiger partial charge in [-0.15, -0.1) is 10.2 Å². The molecule has 1 saturated carbocycles. The Morgan fingerprint density at radius 2 is 1.89 bits per heavy atom. The highest BCUT2D eigenvalue weighted by molar-refractivity contribution is 7.99. The lowest BCUT2D eigenvalue weighted by Gasteiger charge is -2.22. The Hall–Kier alpha value is -2.35. The number of carbonyl (C=O) groups is 2. The minimum atomic E-state index is -0.403. The molecule has 1 aromatic heterocycles. The Balaban J connectivity index is 1.49. The fourth-order valence-corrected chi connectivity index (χ4v) is 4.24. The summed E-state index contributed by atoms with van der Waals surface area (Å²) in [5.74, 6) is 0.668. The first-order chi connectivity index (χ1) is 13.7. The Kier molecular flexibility index (Phi) is 7.47. The maximum absolute atomic E-state index is 12.1. The molecule has 3 amide bonds. The zero-order valence-electron chi connectivity index (χ0n) is 16.2. The lowest BCUT2D eigenvalue weighted by molar-refractivity contribution is -0.117. The van der Waals surface area contributed by atoms with Gasteiger partial charge in [-0.2, -0.15) is 0 Å². The summed E-state index contributed by atoms with van der Waals surface area (Å²) in [5.41, 5.74) is 1.17. The number of urea groups is 1. The van der Waals surface area contributed by atoms with Crippen molar-refractivity contribution in [3.63, 3.8) is 0 Å². The van der Waals surface area contributed by atoms with E-state index in [4.69, 9.17) is 0 Å². The van der Waals surface area contributed by atoms with Crippen LogP contribution in [0.2, 0.25) is 0 Å². The fourth-order valence-electron chi connectivity index (χ4n) is 3.41. The first kappa shape index (κ1) is 20.4. The predicted octanol–water partition coefficient (Wildman–Crippen LogP) is 3.14. The molecule has 0 aliphatic heterocycles. The van der Waals surface area contributed by atoms with E-state index in [1.54, 1.807) is 0 Å². The standard InChI is InChI=1S/C20H27N5O2S/c1-2-25-17(13-15-9-5-3-6-10-15)23-24-20(25)28-14-18(26)22-19(27)21-16-11-7-4-8-12-16/h3,5-6,9-10,16H,2,4,7-8,11-14H2,1H3,(H2,21,22,26,27). The number of hydrogen-bond donors (Lipinski definition) is 2. The molecule has 3 rings (SSSR count). The average molecular weight is 402 g/mol. The number of thioether (sulfide) groups is 1. The SMILES string of the molecule is CCn1c(Cc2ccccc2)nnc1SCC(=O)NC(=O)NC1CCCCC1. The molecular weight excluding hydrogens is 374 g/mol. The van der Waals surface area contributed by atoms with Crippen molar-refractivity contribution >= 4 is 23.7 Å². The lowest BCUT2D eigenvalue weighted by atomic mass is 9.96. The molecule has 0 atom stereocenters. The summed E-state index contributed by atoms with van der Waals surface area (Å²) in [4.78, 5) is 24.1. The van der Waals surface area contributed by atoms with Crippen LogP contribution in [0, 0.1) is 0 Å². The van der Waals surface area contributed by atoms with Gasteiger partial charge in [0.2, 0.25) is 5.91 Å². The molecule has 0 radical (unpaired) electrons. The van der Waals surface area contributed by atoms with E-state index in [1.807, 2.05) is 29.7 Å². The highest BCUT2D eigenvalue weighted by Gasteiger charge is 2.18. The molecular formula is C20H27N5O2S. The largest absolute Gasteiger partial charge is 0.335 e. The molecule has 0 spiro atoms. The van der Waals surface area contributed by atoms with E-state index in [2.05, 4.69) is 33.0 Å². The van der Waals surface area contributed by atoms with Crippen molar-refractivity contribution in [1.82, 2.24) is 25.4 Å². The molecule has 0 bridgehead atoms. The van der Waals surface area contributed by atoms with E-state index in [9.17, 15) is 9.59 Å². The summed E-state index contributed by atoms with van der Waals surface area (Å²) in [7, 11) is 0. The Morgan fingerprint density at radius 3 is 2.61 bits per heavy atom. The molecule has 8 heteroatoms. The van der Waals surface area contributed by atoms with Gasteiger partial charge < -0.3 is 9.88 Å². The summed E-state index contributed by atoms with van der Waals surface area (Å²) in [6, 6.07) is 9.87. The second-order valence-corrected chi connectivity index (χ2v) is 7.89.